The van der Waals surface area contributed by atoms with Crippen LogP contribution in [0.25, 0.3) is 0 Å². The SMILES string of the molecule is CCOC(=O)CC(=O)Nc1ccc(F)cc1F.CCOC(=O)CC(=O)[ClH+].Nc1ccc(F)cc1F.O=C(O)CC(=O)Nc1ccc(F)cc1F.S.[3HH].[U].[V]. The number of aliphatic carboxylic acids is 1. The zero-order chi connectivity index (χ0) is 38.4. The monoisotopic (exact) mass is 1070 g/mol. The van der Waals surface area contributed by atoms with Crippen LogP contribution in [0.1, 0.15) is 34.5 Å². The van der Waals surface area contributed by atoms with Crippen LogP contribution >= 0.6 is 13.5 Å². The van der Waals surface area contributed by atoms with E-state index in [1.165, 1.54) is 6.07 Å². The molecule has 0 atom stereocenters. The number of ether oxygens (including phenoxy) is 2. The molecule has 3 rings (SSSR count). The second kappa shape index (κ2) is 30.8. The number of nitrogens with two attached hydrogens (primary N) is 1. The summed E-state index contributed by atoms with van der Waals surface area (Å²) in [7, 11) is 0. The van der Waals surface area contributed by atoms with Gasteiger partial charge in [-0.2, -0.15) is 13.5 Å². The summed E-state index contributed by atoms with van der Waals surface area (Å²) in [6.45, 7) is 3.74. The third kappa shape index (κ3) is 27.6. The molecule has 0 aliphatic rings. The molecule has 291 valence electrons. The molecule has 0 spiro atoms. The van der Waals surface area contributed by atoms with Crippen molar-refractivity contribution in [3.05, 3.63) is 89.5 Å². The number of carboxylic acid groups (broad SMARTS) is 1. The van der Waals surface area contributed by atoms with Gasteiger partial charge >= 0.3 is 23.2 Å². The van der Waals surface area contributed by atoms with Crippen LogP contribution in [0.15, 0.2) is 54.6 Å². The van der Waals surface area contributed by atoms with Crippen LogP contribution in [0, 0.1) is 77.6 Å². The minimum absolute atomic E-state index is 0. The number of carbonyl (C=O) groups is 6. The van der Waals surface area contributed by atoms with Crippen LogP contribution in [0.2, 0.25) is 0 Å². The number of benzene rings is 3. The van der Waals surface area contributed by atoms with Crippen molar-refractivity contribution in [1.29, 1.82) is 0 Å². The zero-order valence-electron chi connectivity index (χ0n) is 27.6. The molecule has 0 bridgehead atoms. The first-order valence-corrected chi connectivity index (χ1v) is 14.2. The van der Waals surface area contributed by atoms with E-state index in [-0.39, 0.29) is 94.7 Å². The van der Waals surface area contributed by atoms with Gasteiger partial charge in [-0.1, -0.05) is 0 Å². The first kappa shape index (κ1) is 56.1. The number of rotatable bonds is 10. The molecule has 0 fully saturated rings. The number of esters is 2. The van der Waals surface area contributed by atoms with E-state index in [2.05, 4.69) is 26.4 Å². The van der Waals surface area contributed by atoms with Gasteiger partial charge < -0.3 is 30.9 Å². The van der Waals surface area contributed by atoms with Crippen molar-refractivity contribution in [3.63, 3.8) is 0 Å². The molecule has 2 amide bonds. The van der Waals surface area contributed by atoms with Crippen LogP contribution in [-0.2, 0) is 56.8 Å². The molecule has 0 aliphatic heterocycles. The van der Waals surface area contributed by atoms with Crippen molar-refractivity contribution < 1.29 is 132 Å². The number of anilines is 3. The smallest absolute Gasteiger partial charge is 0.410 e. The molecule has 12 nitrogen and oxygen atoms in total. The van der Waals surface area contributed by atoms with Crippen molar-refractivity contribution in [1.82, 2.24) is 0 Å². The van der Waals surface area contributed by atoms with Crippen molar-refractivity contribution in [2.24, 2.45) is 0 Å². The maximum absolute atomic E-state index is 13.1. The molecule has 3 aromatic carbocycles. The van der Waals surface area contributed by atoms with Gasteiger partial charge in [-0.15, -0.1) is 0 Å². The molecule has 22 heteroatoms. The van der Waals surface area contributed by atoms with Crippen molar-refractivity contribution in [2.45, 2.75) is 33.1 Å². The number of nitrogen functional groups attached to an aromatic ring is 1. The minimum Gasteiger partial charge on any atom is -0.481 e. The average Bonchev–Trinajstić information content (AvgIpc) is 2.98. The van der Waals surface area contributed by atoms with Crippen molar-refractivity contribution in [2.75, 3.05) is 29.6 Å². The fourth-order valence-electron chi connectivity index (χ4n) is 2.88. The van der Waals surface area contributed by atoms with Gasteiger partial charge in [-0.25, -0.2) is 31.1 Å². The summed E-state index contributed by atoms with van der Waals surface area (Å²) in [6, 6.07) is 8.33. The predicted molar refractivity (Wildman–Crippen MR) is 174 cm³/mol. The summed E-state index contributed by atoms with van der Waals surface area (Å²) in [6.07, 6.45) is -1.56. The quantitative estimate of drug-likeness (QED) is 0.0716. The van der Waals surface area contributed by atoms with E-state index in [4.69, 9.17) is 10.8 Å². The summed E-state index contributed by atoms with van der Waals surface area (Å²) in [4.78, 5) is 63.6. The molecule has 3 aromatic rings. The van der Waals surface area contributed by atoms with E-state index in [1.54, 1.807) is 13.8 Å². The van der Waals surface area contributed by atoms with E-state index >= 15 is 0 Å². The third-order valence-electron chi connectivity index (χ3n) is 4.89. The summed E-state index contributed by atoms with van der Waals surface area (Å²) in [5.74, 6) is -8.84. The minimum atomic E-state index is -1.32. The molecule has 0 heterocycles. The molecule has 0 aliphatic carbocycles. The van der Waals surface area contributed by atoms with Gasteiger partial charge in [0, 0.05) is 69.3 Å². The number of nitrogens with one attached hydrogen (secondary N) is 2. The van der Waals surface area contributed by atoms with E-state index < -0.39 is 82.7 Å². The first-order chi connectivity index (χ1) is 23.4. The normalized spacial score (nSPS) is 9.00. The Kier molecular flexibility index (Phi) is 32.6. The number of hydrogen-bond acceptors (Lipinski definition) is 9. The van der Waals surface area contributed by atoms with Crippen LogP contribution in [0.5, 0.6) is 0 Å². The molecule has 53 heavy (non-hydrogen) atoms. The predicted octanol–water partition coefficient (Wildman–Crippen LogP) is 4.89. The fraction of sp³-hybridized carbons (Fsp3) is 0.226. The molecule has 1 radical (unpaired) electrons. The molecular formula is C31H35ClF6N3O9SUV+. The first-order valence-electron chi connectivity index (χ1n) is 13.8. The third-order valence-corrected chi connectivity index (χ3v) is 5.03. The van der Waals surface area contributed by atoms with Gasteiger partial charge in [-0.3, -0.25) is 24.0 Å². The van der Waals surface area contributed by atoms with Crippen LogP contribution in [-0.4, -0.2) is 53.3 Å². The molecular weight excluding hydrogens is 1030 g/mol. The summed E-state index contributed by atoms with van der Waals surface area (Å²) in [5, 5.41) is 11.8. The fourth-order valence-corrected chi connectivity index (χ4v) is 3.00. The van der Waals surface area contributed by atoms with Gasteiger partial charge in [0.05, 0.1) is 30.3 Å². The topological polar surface area (TPSA) is 191 Å². The van der Waals surface area contributed by atoms with Gasteiger partial charge in [0.25, 0.3) is 0 Å². The Bertz CT molecular complexity index is 1680. The Morgan fingerprint density at radius 2 is 1.04 bits per heavy atom. The Hall–Kier alpha value is -3.66. The Morgan fingerprint density at radius 3 is 1.36 bits per heavy atom. The number of hydrogen-bond donors (Lipinski definition) is 4. The van der Waals surface area contributed by atoms with E-state index in [9.17, 15) is 55.1 Å². The van der Waals surface area contributed by atoms with Gasteiger partial charge in [0.1, 0.15) is 47.7 Å². The molecule has 5 N–H and O–H groups in total. The Balaban J connectivity index is -0.000000200. The second-order valence-corrected chi connectivity index (χ2v) is 9.37. The van der Waals surface area contributed by atoms with Crippen LogP contribution < -0.4 is 16.4 Å². The van der Waals surface area contributed by atoms with Crippen LogP contribution in [0.4, 0.5) is 43.4 Å². The summed E-state index contributed by atoms with van der Waals surface area (Å²) in [5.41, 5.74) is 4.59. The average molecular weight is 1070 g/mol. The standard InChI is InChI=1S/C11H11F2NO3.C9H7F2NO3.C6H5F2N.C5H8ClO3.H2S.U.V.H2/c1-2-17-11(16)6-10(15)14-9-4-3-7(12)5-8(9)13;10-5-1-2-7(6(11)3-5)12-8(13)4-9(14)15;7-4-1-2-6(9)5(8)3-4;1-2-9-5(8)3-4(6)7;;;;/h3-5H,2,6H2,1H3,(H,14,15);1-3H,4H2,(H,12,13)(H,14,15);1-3H,9H2;6H,2-3H2,1H3;1H2;;;1H/q;;;+1;;;;/i;;;;;;;1+2. The number of amides is 2. The Labute approximate surface area is 348 Å². The largest absolute Gasteiger partial charge is 0.481 e. The molecule has 0 unspecified atom stereocenters. The van der Waals surface area contributed by atoms with E-state index in [0.29, 0.717) is 18.7 Å². The Morgan fingerprint density at radius 1 is 0.679 bits per heavy atom. The second-order valence-electron chi connectivity index (χ2n) is 8.92. The van der Waals surface area contributed by atoms with Gasteiger partial charge in [-0.05, 0) is 50.2 Å². The maximum Gasteiger partial charge on any atom is 0.410 e. The van der Waals surface area contributed by atoms with Gasteiger partial charge in [0.2, 0.25) is 11.8 Å². The van der Waals surface area contributed by atoms with E-state index in [0.717, 1.165) is 36.4 Å². The van der Waals surface area contributed by atoms with Crippen molar-refractivity contribution in [3.8, 4) is 0 Å². The number of carboxylic acids is 1. The van der Waals surface area contributed by atoms with Crippen LogP contribution in [0.3, 0.4) is 0 Å². The molecule has 0 aromatic heterocycles. The maximum atomic E-state index is 13.1. The van der Waals surface area contributed by atoms with E-state index in [1.807, 2.05) is 5.32 Å². The van der Waals surface area contributed by atoms with Gasteiger partial charge in [0.15, 0.2) is 18.0 Å². The summed E-state index contributed by atoms with van der Waals surface area (Å²) >= 11 is 4.13. The summed E-state index contributed by atoms with van der Waals surface area (Å²) < 4.78 is 84.3. The number of halogens is 7. The molecule has 0 saturated heterocycles. The molecule has 0 saturated carbocycles. The number of carbonyl (C=O) groups excluding carboxylic acids is 5. The zero-order valence-corrected chi connectivity index (χ0v) is 35.0. The van der Waals surface area contributed by atoms with Crippen molar-refractivity contribution >= 4 is 65.5 Å².